The van der Waals surface area contributed by atoms with Crippen molar-refractivity contribution in [1.82, 2.24) is 19.9 Å². The lowest BCUT2D eigenvalue weighted by atomic mass is 9.85. The van der Waals surface area contributed by atoms with Crippen molar-refractivity contribution in [2.75, 3.05) is 5.32 Å². The molecular weight excluding hydrogens is 452 g/mol. The van der Waals surface area contributed by atoms with Crippen LogP contribution in [0, 0.1) is 17.6 Å². The van der Waals surface area contributed by atoms with Crippen molar-refractivity contribution in [2.45, 2.75) is 25.8 Å². The lowest BCUT2D eigenvalue weighted by Crippen LogP contribution is -2.28. The van der Waals surface area contributed by atoms with Gasteiger partial charge in [0.05, 0.1) is 16.7 Å². The van der Waals surface area contributed by atoms with Gasteiger partial charge >= 0.3 is 0 Å². The fourth-order valence-corrected chi connectivity index (χ4v) is 4.20. The fourth-order valence-electron chi connectivity index (χ4n) is 4.20. The van der Waals surface area contributed by atoms with Crippen LogP contribution in [0.15, 0.2) is 54.9 Å². The highest BCUT2D eigenvalue weighted by Gasteiger charge is 2.27. The molecule has 0 aliphatic heterocycles. The molecule has 0 spiro atoms. The van der Waals surface area contributed by atoms with Crippen LogP contribution in [0.1, 0.15) is 35.2 Å². The predicted molar refractivity (Wildman–Crippen MR) is 127 cm³/mol. The molecule has 0 radical (unpaired) electrons. The molecule has 0 unspecified atom stereocenters. The van der Waals surface area contributed by atoms with Gasteiger partial charge in [-0.25, -0.2) is 13.8 Å². The van der Waals surface area contributed by atoms with Gasteiger partial charge in [-0.15, -0.1) is 0 Å². The molecule has 178 valence electrons. The van der Waals surface area contributed by atoms with E-state index >= 15 is 0 Å². The summed E-state index contributed by atoms with van der Waals surface area (Å²) >= 11 is 0. The summed E-state index contributed by atoms with van der Waals surface area (Å²) in [5.74, 6) is -1.18. The van der Waals surface area contributed by atoms with E-state index in [0.717, 1.165) is 43.0 Å². The van der Waals surface area contributed by atoms with E-state index in [4.69, 9.17) is 4.98 Å². The monoisotopic (exact) mass is 475 g/mol. The number of pyridine rings is 1. The van der Waals surface area contributed by atoms with Crippen LogP contribution in [0.2, 0.25) is 0 Å². The van der Waals surface area contributed by atoms with Crippen LogP contribution in [0.25, 0.3) is 22.4 Å². The Kier molecular flexibility index (Phi) is 5.98. The van der Waals surface area contributed by atoms with E-state index < -0.39 is 17.5 Å². The second-order valence-electron chi connectivity index (χ2n) is 8.66. The first-order valence-electron chi connectivity index (χ1n) is 11.3. The molecule has 1 aliphatic carbocycles. The summed E-state index contributed by atoms with van der Waals surface area (Å²) in [5.41, 5.74) is 2.79. The standard InChI is InChI=1S/C26H23F2N5O2/c1-33-23-21(31-24(33)15-7-9-29-10-8-15)12-17(13-22(23)32-26(35)16-3-2-4-16)25(34)30-14-18-11-19(27)5-6-20(18)28/h5-13,16H,2-4,14H2,1H3,(H,30,34)(H,32,35). The molecule has 2 amide bonds. The fraction of sp³-hybridized carbons (Fsp3) is 0.231. The minimum absolute atomic E-state index is 0.0377. The van der Waals surface area contributed by atoms with Crippen molar-refractivity contribution >= 4 is 28.5 Å². The molecule has 0 saturated heterocycles. The smallest absolute Gasteiger partial charge is 0.251 e. The van der Waals surface area contributed by atoms with Gasteiger partial charge in [-0.2, -0.15) is 0 Å². The maximum absolute atomic E-state index is 14.0. The number of halogens is 2. The number of fused-ring (bicyclic) bond motifs is 1. The number of benzene rings is 2. The van der Waals surface area contributed by atoms with Crippen molar-refractivity contribution in [3.63, 3.8) is 0 Å². The lowest BCUT2D eigenvalue weighted by Gasteiger charge is -2.24. The Labute approximate surface area is 200 Å². The quantitative estimate of drug-likeness (QED) is 0.427. The molecule has 2 N–H and O–H groups in total. The number of aromatic nitrogens is 3. The number of nitrogens with one attached hydrogen (secondary N) is 2. The summed E-state index contributed by atoms with van der Waals surface area (Å²) in [7, 11) is 1.84. The van der Waals surface area contributed by atoms with Gasteiger partial charge in [0.1, 0.15) is 17.5 Å². The van der Waals surface area contributed by atoms with Gasteiger partial charge in [-0.3, -0.25) is 14.6 Å². The molecule has 9 heteroatoms. The van der Waals surface area contributed by atoms with Crippen molar-refractivity contribution in [3.05, 3.63) is 77.6 Å². The zero-order valence-electron chi connectivity index (χ0n) is 19.0. The third kappa shape index (κ3) is 4.49. The number of rotatable bonds is 6. The first kappa shape index (κ1) is 22.6. The summed E-state index contributed by atoms with van der Waals surface area (Å²) in [6.45, 7) is -0.186. The van der Waals surface area contributed by atoms with Crippen molar-refractivity contribution in [2.24, 2.45) is 13.0 Å². The zero-order valence-corrected chi connectivity index (χ0v) is 19.0. The van der Waals surface area contributed by atoms with Gasteiger partial charge in [0.25, 0.3) is 5.91 Å². The van der Waals surface area contributed by atoms with Crippen LogP contribution in [0.5, 0.6) is 0 Å². The number of nitrogens with zero attached hydrogens (tertiary/aromatic N) is 3. The highest BCUT2D eigenvalue weighted by Crippen LogP contribution is 2.33. The molecule has 1 saturated carbocycles. The van der Waals surface area contributed by atoms with Gasteiger partial charge in [-0.05, 0) is 55.3 Å². The molecule has 0 atom stereocenters. The number of carbonyl (C=O) groups excluding carboxylic acids is 2. The second kappa shape index (κ2) is 9.25. The second-order valence-corrected chi connectivity index (χ2v) is 8.66. The normalized spacial score (nSPS) is 13.5. The molecular formula is C26H23F2N5O2. The predicted octanol–water partition coefficient (Wildman–Crippen LogP) is 4.58. The Hall–Kier alpha value is -4.14. The molecule has 1 fully saturated rings. The summed E-state index contributed by atoms with van der Waals surface area (Å²) in [6.07, 6.45) is 6.02. The number of carbonyl (C=O) groups is 2. The number of imidazole rings is 1. The number of hydrogen-bond acceptors (Lipinski definition) is 4. The van der Waals surface area contributed by atoms with Gasteiger partial charge in [0.15, 0.2) is 0 Å². The summed E-state index contributed by atoms with van der Waals surface area (Å²) in [5, 5.41) is 5.60. The van der Waals surface area contributed by atoms with Crippen LogP contribution >= 0.6 is 0 Å². The van der Waals surface area contributed by atoms with E-state index in [0.29, 0.717) is 22.5 Å². The summed E-state index contributed by atoms with van der Waals surface area (Å²) in [6, 6.07) is 9.95. The number of anilines is 1. The van der Waals surface area contributed by atoms with Crippen LogP contribution in [-0.2, 0) is 18.4 Å². The van der Waals surface area contributed by atoms with Crippen LogP contribution in [-0.4, -0.2) is 26.3 Å². The molecule has 5 rings (SSSR count). The molecule has 1 aliphatic rings. The summed E-state index contributed by atoms with van der Waals surface area (Å²) in [4.78, 5) is 34.5. The molecule has 2 aromatic carbocycles. The Morgan fingerprint density at radius 3 is 2.57 bits per heavy atom. The first-order chi connectivity index (χ1) is 16.9. The summed E-state index contributed by atoms with van der Waals surface area (Å²) < 4.78 is 29.3. The molecule has 4 aromatic rings. The van der Waals surface area contributed by atoms with Gasteiger partial charge in [0.2, 0.25) is 5.91 Å². The number of hydrogen-bond donors (Lipinski definition) is 2. The third-order valence-electron chi connectivity index (χ3n) is 6.35. The van der Waals surface area contributed by atoms with E-state index in [-0.39, 0.29) is 29.5 Å². The molecule has 7 nitrogen and oxygen atoms in total. The molecule has 35 heavy (non-hydrogen) atoms. The highest BCUT2D eigenvalue weighted by atomic mass is 19.1. The Morgan fingerprint density at radius 1 is 1.09 bits per heavy atom. The highest BCUT2D eigenvalue weighted by molar-refractivity contribution is 6.06. The van der Waals surface area contributed by atoms with Crippen LogP contribution in [0.4, 0.5) is 14.5 Å². The number of amides is 2. The Morgan fingerprint density at radius 2 is 1.86 bits per heavy atom. The third-order valence-corrected chi connectivity index (χ3v) is 6.35. The number of aryl methyl sites for hydroxylation is 1. The minimum Gasteiger partial charge on any atom is -0.348 e. The van der Waals surface area contributed by atoms with E-state index in [9.17, 15) is 18.4 Å². The van der Waals surface area contributed by atoms with Gasteiger partial charge < -0.3 is 15.2 Å². The van der Waals surface area contributed by atoms with Gasteiger partial charge in [-0.1, -0.05) is 6.42 Å². The Bertz CT molecular complexity index is 1430. The molecule has 2 heterocycles. The largest absolute Gasteiger partial charge is 0.348 e. The Balaban J connectivity index is 1.51. The molecule has 0 bridgehead atoms. The van der Waals surface area contributed by atoms with Crippen LogP contribution in [0.3, 0.4) is 0 Å². The lowest BCUT2D eigenvalue weighted by molar-refractivity contribution is -0.122. The van der Waals surface area contributed by atoms with Crippen molar-refractivity contribution in [1.29, 1.82) is 0 Å². The first-order valence-corrected chi connectivity index (χ1v) is 11.3. The van der Waals surface area contributed by atoms with E-state index in [1.54, 1.807) is 24.5 Å². The minimum atomic E-state index is -0.609. The molecule has 2 aromatic heterocycles. The van der Waals surface area contributed by atoms with Crippen molar-refractivity contribution < 1.29 is 18.4 Å². The van der Waals surface area contributed by atoms with E-state index in [2.05, 4.69) is 15.6 Å². The SMILES string of the molecule is Cn1c(-c2ccncc2)nc2cc(C(=O)NCc3cc(F)ccc3F)cc(NC(=O)C3CCC3)c21. The average Bonchev–Trinajstić information content (AvgIpc) is 3.15. The maximum atomic E-state index is 14.0. The van der Waals surface area contributed by atoms with E-state index in [1.807, 2.05) is 23.7 Å². The zero-order chi connectivity index (χ0) is 24.5. The van der Waals surface area contributed by atoms with E-state index in [1.165, 1.54) is 0 Å². The van der Waals surface area contributed by atoms with Gasteiger partial charge in [0, 0.05) is 48.6 Å². The van der Waals surface area contributed by atoms with Crippen molar-refractivity contribution in [3.8, 4) is 11.4 Å². The van der Waals surface area contributed by atoms with Crippen LogP contribution < -0.4 is 10.6 Å². The maximum Gasteiger partial charge on any atom is 0.251 e. The topological polar surface area (TPSA) is 88.9 Å². The average molecular weight is 475 g/mol.